The van der Waals surface area contributed by atoms with Crippen molar-refractivity contribution >= 4 is 45.8 Å². The Kier molecular flexibility index (Phi) is 9.29. The summed E-state index contributed by atoms with van der Waals surface area (Å²) in [4.78, 5) is 33.2. The fraction of sp³-hybridized carbons (Fsp3) is 0.375. The molecule has 2 aromatic carbocycles. The molecule has 0 spiro atoms. The molecule has 0 saturated carbocycles. The van der Waals surface area contributed by atoms with E-state index in [1.165, 1.54) is 0 Å². The summed E-state index contributed by atoms with van der Waals surface area (Å²) in [5.41, 5.74) is 0.902. The van der Waals surface area contributed by atoms with E-state index in [0.717, 1.165) is 0 Å². The van der Waals surface area contributed by atoms with Gasteiger partial charge in [-0.1, -0.05) is 42.3 Å². The van der Waals surface area contributed by atoms with Gasteiger partial charge in [0.25, 0.3) is 5.56 Å². The molecule has 0 saturated heterocycles. The predicted octanol–water partition coefficient (Wildman–Crippen LogP) is 4.98. The number of hydrogen-bond acceptors (Lipinski definition) is 5. The van der Waals surface area contributed by atoms with E-state index >= 15 is 0 Å². The van der Waals surface area contributed by atoms with Gasteiger partial charge in [0.2, 0.25) is 0 Å². The predicted molar refractivity (Wildman–Crippen MR) is 135 cm³/mol. The molecule has 8 nitrogen and oxygen atoms in total. The number of ether oxygens (including phenoxy) is 2. The Morgan fingerprint density at radius 1 is 1.12 bits per heavy atom. The number of halogens is 2. The molecule has 0 fully saturated rings. The summed E-state index contributed by atoms with van der Waals surface area (Å²) in [7, 11) is 3.14. The zero-order chi connectivity index (χ0) is 24.7. The van der Waals surface area contributed by atoms with E-state index in [2.05, 4.69) is 5.32 Å². The molecule has 1 aromatic heterocycles. The molecule has 0 aliphatic rings. The number of carbonyl (C=O) groups is 1. The van der Waals surface area contributed by atoms with Gasteiger partial charge in [0.15, 0.2) is 0 Å². The highest BCUT2D eigenvalue weighted by atomic mass is 35.5. The van der Waals surface area contributed by atoms with Crippen LogP contribution in [0.2, 0.25) is 10.0 Å². The van der Waals surface area contributed by atoms with Crippen LogP contribution in [0.5, 0.6) is 0 Å². The largest absolute Gasteiger partial charge is 0.383 e. The Balaban J connectivity index is 2.06. The maximum absolute atomic E-state index is 13.4. The Morgan fingerprint density at radius 3 is 2.53 bits per heavy atom. The van der Waals surface area contributed by atoms with E-state index in [1.54, 1.807) is 60.1 Å². The molecule has 0 aliphatic heterocycles. The van der Waals surface area contributed by atoms with Crippen molar-refractivity contribution in [1.82, 2.24) is 14.5 Å². The lowest BCUT2D eigenvalue weighted by Crippen LogP contribution is -2.43. The number of aromatic nitrogens is 2. The number of para-hydroxylation sites is 1. The van der Waals surface area contributed by atoms with Crippen LogP contribution >= 0.6 is 23.2 Å². The van der Waals surface area contributed by atoms with Gasteiger partial charge in [-0.2, -0.15) is 0 Å². The second-order valence-corrected chi connectivity index (χ2v) is 8.42. The standard InChI is InChI=1S/C24H28Cl2N4O4/c1-4-21(22-28-20-8-6-5-7-17(20)23(31)30(22)12-14-34-3)29(11-13-33-2)24(32)27-16-9-10-18(25)19(26)15-16/h5-10,15,21H,4,11-14H2,1-3H3,(H,27,32). The van der Waals surface area contributed by atoms with Crippen molar-refractivity contribution in [3.05, 3.63) is 68.7 Å². The molecule has 10 heteroatoms. The zero-order valence-electron chi connectivity index (χ0n) is 19.4. The first-order valence-electron chi connectivity index (χ1n) is 10.9. The highest BCUT2D eigenvalue weighted by Gasteiger charge is 2.28. The normalized spacial score (nSPS) is 12.0. The molecule has 1 heterocycles. The number of carbonyl (C=O) groups excluding carboxylic acids is 1. The number of nitrogens with one attached hydrogen (secondary N) is 1. The second-order valence-electron chi connectivity index (χ2n) is 7.61. The first-order valence-corrected chi connectivity index (χ1v) is 11.7. The van der Waals surface area contributed by atoms with Crippen LogP contribution in [0.25, 0.3) is 10.9 Å². The minimum Gasteiger partial charge on any atom is -0.383 e. The average molecular weight is 507 g/mol. The third-order valence-corrected chi connectivity index (χ3v) is 6.18. The van der Waals surface area contributed by atoms with Gasteiger partial charge < -0.3 is 19.7 Å². The van der Waals surface area contributed by atoms with E-state index < -0.39 is 6.04 Å². The van der Waals surface area contributed by atoms with Gasteiger partial charge in [-0.15, -0.1) is 0 Å². The van der Waals surface area contributed by atoms with Crippen LogP contribution in [0, 0.1) is 0 Å². The minimum absolute atomic E-state index is 0.173. The van der Waals surface area contributed by atoms with Gasteiger partial charge in [-0.05, 0) is 36.8 Å². The molecule has 3 rings (SSSR count). The summed E-state index contributed by atoms with van der Waals surface area (Å²) >= 11 is 12.1. The van der Waals surface area contributed by atoms with Crippen molar-refractivity contribution in [1.29, 1.82) is 0 Å². The number of anilines is 1. The molecule has 2 amide bonds. The molecular weight excluding hydrogens is 479 g/mol. The van der Waals surface area contributed by atoms with Crippen molar-refractivity contribution in [2.24, 2.45) is 0 Å². The molecule has 1 unspecified atom stereocenters. The van der Waals surface area contributed by atoms with Gasteiger partial charge in [-0.25, -0.2) is 9.78 Å². The Morgan fingerprint density at radius 2 is 1.85 bits per heavy atom. The molecule has 0 aliphatic carbocycles. The smallest absolute Gasteiger partial charge is 0.322 e. The Bertz CT molecular complexity index is 1200. The first kappa shape index (κ1) is 26.0. The fourth-order valence-electron chi connectivity index (χ4n) is 3.74. The van der Waals surface area contributed by atoms with Crippen LogP contribution in [-0.2, 0) is 16.0 Å². The molecule has 0 bridgehead atoms. The first-order chi connectivity index (χ1) is 16.4. The summed E-state index contributed by atoms with van der Waals surface area (Å²) in [5.74, 6) is 0.489. The lowest BCUT2D eigenvalue weighted by molar-refractivity contribution is 0.128. The second kappa shape index (κ2) is 12.2. The summed E-state index contributed by atoms with van der Waals surface area (Å²) in [5, 5.41) is 4.11. The molecule has 1 atom stereocenters. The SMILES string of the molecule is CCC(c1nc2ccccc2c(=O)n1CCOC)N(CCOC)C(=O)Nc1ccc(Cl)c(Cl)c1. The van der Waals surface area contributed by atoms with E-state index in [-0.39, 0.29) is 18.1 Å². The zero-order valence-corrected chi connectivity index (χ0v) is 20.9. The molecule has 3 aromatic rings. The Hall–Kier alpha value is -2.65. The fourth-order valence-corrected chi connectivity index (χ4v) is 4.04. The van der Waals surface area contributed by atoms with Crippen LogP contribution in [0.15, 0.2) is 47.3 Å². The van der Waals surface area contributed by atoms with Crippen molar-refractivity contribution in [2.75, 3.05) is 39.3 Å². The van der Waals surface area contributed by atoms with E-state index in [4.69, 9.17) is 37.7 Å². The Labute approximate surface area is 208 Å². The number of rotatable bonds is 10. The number of amides is 2. The van der Waals surface area contributed by atoms with Gasteiger partial charge in [0.05, 0.1) is 46.7 Å². The minimum atomic E-state index is -0.493. The lowest BCUT2D eigenvalue weighted by Gasteiger charge is -2.32. The highest BCUT2D eigenvalue weighted by Crippen LogP contribution is 2.27. The topological polar surface area (TPSA) is 85.7 Å². The van der Waals surface area contributed by atoms with Crippen molar-refractivity contribution in [3.63, 3.8) is 0 Å². The van der Waals surface area contributed by atoms with Crippen LogP contribution in [0.1, 0.15) is 25.2 Å². The van der Waals surface area contributed by atoms with Gasteiger partial charge in [-0.3, -0.25) is 9.36 Å². The van der Waals surface area contributed by atoms with E-state index in [9.17, 15) is 9.59 Å². The van der Waals surface area contributed by atoms with E-state index in [1.807, 2.05) is 13.0 Å². The maximum atomic E-state index is 13.4. The third kappa shape index (κ3) is 5.88. The average Bonchev–Trinajstić information content (AvgIpc) is 2.83. The summed E-state index contributed by atoms with van der Waals surface area (Å²) in [6, 6.07) is 11.2. The molecular formula is C24H28Cl2N4O4. The van der Waals surface area contributed by atoms with Crippen molar-refractivity contribution in [2.45, 2.75) is 25.9 Å². The molecule has 34 heavy (non-hydrogen) atoms. The lowest BCUT2D eigenvalue weighted by atomic mass is 10.1. The number of fused-ring (bicyclic) bond motifs is 1. The summed E-state index contributed by atoms with van der Waals surface area (Å²) in [6.07, 6.45) is 0.524. The van der Waals surface area contributed by atoms with Gasteiger partial charge in [0.1, 0.15) is 5.82 Å². The van der Waals surface area contributed by atoms with Crippen molar-refractivity contribution in [3.8, 4) is 0 Å². The highest BCUT2D eigenvalue weighted by molar-refractivity contribution is 6.42. The number of hydrogen-bond donors (Lipinski definition) is 1. The summed E-state index contributed by atoms with van der Waals surface area (Å²) in [6.45, 7) is 3.18. The molecule has 1 N–H and O–H groups in total. The van der Waals surface area contributed by atoms with Crippen molar-refractivity contribution < 1.29 is 14.3 Å². The number of methoxy groups -OCH3 is 2. The summed E-state index contributed by atoms with van der Waals surface area (Å²) < 4.78 is 12.1. The van der Waals surface area contributed by atoms with Crippen LogP contribution in [0.4, 0.5) is 10.5 Å². The number of nitrogens with zero attached hydrogens (tertiary/aromatic N) is 3. The van der Waals surface area contributed by atoms with Gasteiger partial charge >= 0.3 is 6.03 Å². The monoisotopic (exact) mass is 506 g/mol. The van der Waals surface area contributed by atoms with Gasteiger partial charge in [0, 0.05) is 26.5 Å². The maximum Gasteiger partial charge on any atom is 0.322 e. The quantitative estimate of drug-likeness (QED) is 0.418. The number of urea groups is 1. The molecule has 0 radical (unpaired) electrons. The van der Waals surface area contributed by atoms with E-state index in [0.29, 0.717) is 58.6 Å². The van der Waals surface area contributed by atoms with Crippen LogP contribution in [0.3, 0.4) is 0 Å². The number of benzene rings is 2. The van der Waals surface area contributed by atoms with Crippen LogP contribution < -0.4 is 10.9 Å². The molecule has 182 valence electrons. The third-order valence-electron chi connectivity index (χ3n) is 5.44. The van der Waals surface area contributed by atoms with Crippen LogP contribution in [-0.4, -0.2) is 54.5 Å².